The zero-order chi connectivity index (χ0) is 15.9. The molecule has 0 aliphatic rings. The van der Waals surface area contributed by atoms with Crippen molar-refractivity contribution in [2.75, 3.05) is 26.0 Å². The molecule has 0 saturated heterocycles. The zero-order valence-corrected chi connectivity index (χ0v) is 14.3. The summed E-state index contributed by atoms with van der Waals surface area (Å²) in [5.41, 5.74) is 2.22. The quantitative estimate of drug-likeness (QED) is 0.734. The molecule has 0 heterocycles. The Morgan fingerprint density at radius 3 is 2.32 bits per heavy atom. The van der Waals surface area contributed by atoms with Gasteiger partial charge in [-0.15, -0.1) is 0 Å². The summed E-state index contributed by atoms with van der Waals surface area (Å²) < 4.78 is 0. The Morgan fingerprint density at radius 1 is 1.09 bits per heavy atom. The highest BCUT2D eigenvalue weighted by atomic mass is 35.5. The predicted octanol–water partition coefficient (Wildman–Crippen LogP) is 2.51. The molecule has 0 radical (unpaired) electrons. The number of nitrogens with one attached hydrogen (secondary N) is 3. The highest BCUT2D eigenvalue weighted by molar-refractivity contribution is 7.80. The van der Waals surface area contributed by atoms with Gasteiger partial charge in [0.2, 0.25) is 0 Å². The van der Waals surface area contributed by atoms with Crippen LogP contribution < -0.4 is 15.5 Å². The van der Waals surface area contributed by atoms with E-state index in [1.807, 2.05) is 30.3 Å². The van der Waals surface area contributed by atoms with Gasteiger partial charge in [0.05, 0.1) is 20.6 Å². The van der Waals surface area contributed by atoms with E-state index in [-0.39, 0.29) is 0 Å². The van der Waals surface area contributed by atoms with Crippen molar-refractivity contribution in [1.29, 1.82) is 0 Å². The van der Waals surface area contributed by atoms with Crippen molar-refractivity contribution in [1.82, 2.24) is 5.32 Å². The van der Waals surface area contributed by atoms with Gasteiger partial charge in [-0.25, -0.2) is 0 Å². The van der Waals surface area contributed by atoms with Gasteiger partial charge in [-0.2, -0.15) is 0 Å². The van der Waals surface area contributed by atoms with Crippen molar-refractivity contribution in [2.45, 2.75) is 6.04 Å². The van der Waals surface area contributed by atoms with Crippen LogP contribution in [0.25, 0.3) is 0 Å². The number of hydrogen-bond donors (Lipinski definition) is 3. The van der Waals surface area contributed by atoms with Gasteiger partial charge >= 0.3 is 0 Å². The Bertz CT molecular complexity index is 599. The van der Waals surface area contributed by atoms with Crippen molar-refractivity contribution in [3.8, 4) is 0 Å². The molecule has 0 bridgehead atoms. The van der Waals surface area contributed by atoms with Crippen LogP contribution in [0.4, 0.5) is 5.69 Å². The van der Waals surface area contributed by atoms with Gasteiger partial charge in [0.1, 0.15) is 6.04 Å². The third-order valence-electron chi connectivity index (χ3n) is 3.47. The molecule has 116 valence electrons. The molecule has 0 saturated carbocycles. The van der Waals surface area contributed by atoms with Crippen LogP contribution in [-0.4, -0.2) is 25.8 Å². The lowest BCUT2D eigenvalue weighted by Crippen LogP contribution is -3.07. The second-order valence-electron chi connectivity index (χ2n) is 5.38. The van der Waals surface area contributed by atoms with Crippen molar-refractivity contribution in [2.24, 2.45) is 0 Å². The van der Waals surface area contributed by atoms with E-state index in [1.165, 1.54) is 10.5 Å². The van der Waals surface area contributed by atoms with Crippen LogP contribution in [0.2, 0.25) is 5.02 Å². The standard InChI is InChI=1S/C17H20ClN3S/c1-21(2)16(13-6-4-3-5-7-13)12-19-17(22)20-15-10-8-14(18)9-11-15/h3-11,16H,12H2,1-2H3,(H2,19,20,22)/p+1/t16-/m1/s1. The second kappa shape index (κ2) is 8.13. The summed E-state index contributed by atoms with van der Waals surface area (Å²) in [5, 5.41) is 7.79. The Balaban J connectivity index is 1.92. The van der Waals surface area contributed by atoms with E-state index < -0.39 is 0 Å². The first-order valence-electron chi connectivity index (χ1n) is 7.21. The normalized spacial score (nSPS) is 12.0. The van der Waals surface area contributed by atoms with Crippen molar-refractivity contribution < 1.29 is 4.90 Å². The molecule has 3 nitrogen and oxygen atoms in total. The molecule has 0 spiro atoms. The van der Waals surface area contributed by atoms with Crippen LogP contribution in [0.3, 0.4) is 0 Å². The van der Waals surface area contributed by atoms with E-state index in [0.717, 1.165) is 12.2 Å². The van der Waals surface area contributed by atoms with Crippen molar-refractivity contribution >= 4 is 34.6 Å². The smallest absolute Gasteiger partial charge is 0.171 e. The fourth-order valence-corrected chi connectivity index (χ4v) is 2.57. The Morgan fingerprint density at radius 2 is 1.73 bits per heavy atom. The maximum absolute atomic E-state index is 5.87. The topological polar surface area (TPSA) is 28.5 Å². The van der Waals surface area contributed by atoms with Gasteiger partial charge in [-0.05, 0) is 36.5 Å². The summed E-state index contributed by atoms with van der Waals surface area (Å²) in [6.45, 7) is 0.770. The minimum absolute atomic E-state index is 0.339. The van der Waals surface area contributed by atoms with E-state index in [2.05, 4.69) is 49.0 Å². The van der Waals surface area contributed by atoms with Gasteiger partial charge in [0.15, 0.2) is 5.11 Å². The van der Waals surface area contributed by atoms with E-state index in [1.54, 1.807) is 0 Å². The van der Waals surface area contributed by atoms with Crippen LogP contribution in [-0.2, 0) is 0 Å². The summed E-state index contributed by atoms with van der Waals surface area (Å²) in [5.74, 6) is 0. The number of halogens is 1. The van der Waals surface area contributed by atoms with Crippen LogP contribution in [0.15, 0.2) is 54.6 Å². The molecule has 0 aliphatic heterocycles. The first-order valence-corrected chi connectivity index (χ1v) is 8.00. The van der Waals surface area contributed by atoms with Gasteiger partial charge in [-0.1, -0.05) is 41.9 Å². The molecule has 3 N–H and O–H groups in total. The number of quaternary nitrogens is 1. The molecule has 2 rings (SSSR count). The zero-order valence-electron chi connectivity index (χ0n) is 12.8. The van der Waals surface area contributed by atoms with E-state index in [4.69, 9.17) is 23.8 Å². The summed E-state index contributed by atoms with van der Waals surface area (Å²) in [6, 6.07) is 18.3. The fraction of sp³-hybridized carbons (Fsp3) is 0.235. The van der Waals surface area contributed by atoms with Crippen LogP contribution in [0.5, 0.6) is 0 Å². The van der Waals surface area contributed by atoms with Crippen LogP contribution >= 0.6 is 23.8 Å². The minimum Gasteiger partial charge on any atom is -0.356 e. The van der Waals surface area contributed by atoms with Gasteiger partial charge in [-0.3, -0.25) is 0 Å². The van der Waals surface area contributed by atoms with Gasteiger partial charge < -0.3 is 15.5 Å². The average Bonchev–Trinajstić information content (AvgIpc) is 2.50. The molecular weight excluding hydrogens is 314 g/mol. The Kier molecular flexibility index (Phi) is 6.19. The third-order valence-corrected chi connectivity index (χ3v) is 3.97. The minimum atomic E-state index is 0.339. The van der Waals surface area contributed by atoms with Gasteiger partial charge in [0.25, 0.3) is 0 Å². The largest absolute Gasteiger partial charge is 0.356 e. The van der Waals surface area contributed by atoms with E-state index in [0.29, 0.717) is 16.2 Å². The number of anilines is 1. The second-order valence-corrected chi connectivity index (χ2v) is 6.23. The third kappa shape index (κ3) is 4.98. The molecule has 2 aromatic rings. The summed E-state index contributed by atoms with van der Waals surface area (Å²) in [7, 11) is 4.30. The first kappa shape index (κ1) is 16.7. The van der Waals surface area contributed by atoms with E-state index >= 15 is 0 Å². The highest BCUT2D eigenvalue weighted by Gasteiger charge is 2.17. The molecule has 1 atom stereocenters. The molecule has 0 aromatic heterocycles. The molecule has 0 fully saturated rings. The summed E-state index contributed by atoms with van der Waals surface area (Å²) in [6.07, 6.45) is 0. The summed E-state index contributed by atoms with van der Waals surface area (Å²) >= 11 is 11.2. The lowest BCUT2D eigenvalue weighted by Gasteiger charge is -2.23. The van der Waals surface area contributed by atoms with Crippen molar-refractivity contribution in [3.63, 3.8) is 0 Å². The maximum Gasteiger partial charge on any atom is 0.171 e. The fourth-order valence-electron chi connectivity index (χ4n) is 2.24. The average molecular weight is 335 g/mol. The SMILES string of the molecule is C[NH+](C)[C@H](CNC(=S)Nc1ccc(Cl)cc1)c1ccccc1. The Labute approximate surface area is 142 Å². The first-order chi connectivity index (χ1) is 10.6. The molecular formula is C17H21ClN3S+. The molecule has 5 heteroatoms. The lowest BCUT2D eigenvalue weighted by molar-refractivity contribution is -0.890. The number of thiocarbonyl (C=S) groups is 1. The molecule has 22 heavy (non-hydrogen) atoms. The predicted molar refractivity (Wildman–Crippen MR) is 97.7 cm³/mol. The summed E-state index contributed by atoms with van der Waals surface area (Å²) in [4.78, 5) is 1.35. The Hall–Kier alpha value is -1.62. The number of benzene rings is 2. The number of rotatable bonds is 5. The molecule has 0 aliphatic carbocycles. The van der Waals surface area contributed by atoms with Crippen molar-refractivity contribution in [3.05, 3.63) is 65.2 Å². The van der Waals surface area contributed by atoms with Crippen LogP contribution in [0, 0.1) is 0 Å². The van der Waals surface area contributed by atoms with E-state index in [9.17, 15) is 0 Å². The monoisotopic (exact) mass is 334 g/mol. The number of likely N-dealkylation sites (N-methyl/N-ethyl adjacent to an activating group) is 1. The molecule has 0 amide bonds. The lowest BCUT2D eigenvalue weighted by atomic mass is 10.1. The molecule has 2 aromatic carbocycles. The van der Waals surface area contributed by atoms with Gasteiger partial charge in [0, 0.05) is 16.3 Å². The number of hydrogen-bond acceptors (Lipinski definition) is 1. The highest BCUT2D eigenvalue weighted by Crippen LogP contribution is 2.13. The maximum atomic E-state index is 5.87. The molecule has 0 unspecified atom stereocenters. The van der Waals surface area contributed by atoms with Crippen LogP contribution in [0.1, 0.15) is 11.6 Å².